The van der Waals surface area contributed by atoms with Crippen molar-refractivity contribution in [3.05, 3.63) is 24.3 Å². The first-order valence-corrected chi connectivity index (χ1v) is 31.8. The summed E-state index contributed by atoms with van der Waals surface area (Å²) >= 11 is 0. The minimum absolute atomic E-state index is 0.0680. The molecule has 1 unspecified atom stereocenters. The van der Waals surface area contributed by atoms with Crippen LogP contribution in [0.1, 0.15) is 355 Å². The lowest BCUT2D eigenvalue weighted by molar-refractivity contribution is -0.167. The topological polar surface area (TPSA) is 78.9 Å². The number of esters is 3. The van der Waals surface area contributed by atoms with Crippen molar-refractivity contribution in [2.45, 2.75) is 361 Å². The Bertz CT molecular complexity index is 1150. The molecule has 0 radical (unpaired) electrons. The first-order valence-electron chi connectivity index (χ1n) is 31.8. The molecule has 0 aromatic rings. The largest absolute Gasteiger partial charge is 0.462 e. The van der Waals surface area contributed by atoms with Crippen molar-refractivity contribution >= 4 is 17.9 Å². The van der Waals surface area contributed by atoms with Crippen LogP contribution < -0.4 is 0 Å². The Hall–Kier alpha value is -2.11. The quantitative estimate of drug-likeness (QED) is 0.0261. The number of carbonyl (C=O) groups excluding carboxylic acids is 3. The van der Waals surface area contributed by atoms with E-state index in [4.69, 9.17) is 14.2 Å². The van der Waals surface area contributed by atoms with E-state index in [-0.39, 0.29) is 31.1 Å². The van der Waals surface area contributed by atoms with Gasteiger partial charge in [-0.15, -0.1) is 0 Å². The summed E-state index contributed by atoms with van der Waals surface area (Å²) in [6, 6.07) is 0. The summed E-state index contributed by atoms with van der Waals surface area (Å²) in [5.74, 6) is -0.850. The zero-order chi connectivity index (χ0) is 51.4. The van der Waals surface area contributed by atoms with Crippen LogP contribution in [0.5, 0.6) is 0 Å². The van der Waals surface area contributed by atoms with E-state index in [2.05, 4.69) is 45.1 Å². The molecule has 71 heavy (non-hydrogen) atoms. The SMILES string of the molecule is CCCCCCCC/C=C\CCCCCCCCCC(=O)OC(COC(=O)CCCCCCCCCCCCC)COC(=O)CCCCCCCCCCCCCCC/C=C\CCCCCCCCCC. The van der Waals surface area contributed by atoms with Crippen LogP contribution >= 0.6 is 0 Å². The van der Waals surface area contributed by atoms with E-state index in [1.54, 1.807) is 0 Å². The number of carbonyl (C=O) groups is 3. The smallest absolute Gasteiger partial charge is 0.306 e. The molecule has 6 heteroatoms. The molecular formula is C65H122O6. The van der Waals surface area contributed by atoms with Crippen LogP contribution in [-0.2, 0) is 28.6 Å². The number of allylic oxidation sites excluding steroid dienone is 4. The summed E-state index contributed by atoms with van der Waals surface area (Å²) in [4.78, 5) is 38.2. The maximum atomic E-state index is 12.9. The van der Waals surface area contributed by atoms with E-state index >= 15 is 0 Å². The van der Waals surface area contributed by atoms with E-state index in [9.17, 15) is 14.4 Å². The summed E-state index contributed by atoms with van der Waals surface area (Å²) in [6.45, 7) is 6.68. The Morgan fingerprint density at radius 2 is 0.465 bits per heavy atom. The summed E-state index contributed by atoms with van der Waals surface area (Å²) < 4.78 is 16.9. The number of hydrogen-bond donors (Lipinski definition) is 0. The number of rotatable bonds is 59. The second-order valence-corrected chi connectivity index (χ2v) is 21.7. The molecule has 0 amide bonds. The average molecular weight is 1000 g/mol. The normalized spacial score (nSPS) is 12.1. The van der Waals surface area contributed by atoms with E-state index in [0.717, 1.165) is 57.8 Å². The molecule has 0 aromatic heterocycles. The van der Waals surface area contributed by atoms with Gasteiger partial charge in [0.25, 0.3) is 0 Å². The third kappa shape index (κ3) is 58.7. The van der Waals surface area contributed by atoms with Gasteiger partial charge in [-0.1, -0.05) is 289 Å². The van der Waals surface area contributed by atoms with E-state index in [0.29, 0.717) is 19.3 Å². The van der Waals surface area contributed by atoms with Crippen molar-refractivity contribution in [3.8, 4) is 0 Å². The van der Waals surface area contributed by atoms with Crippen LogP contribution in [-0.4, -0.2) is 37.2 Å². The zero-order valence-corrected chi connectivity index (χ0v) is 48.0. The number of ether oxygens (including phenoxy) is 3. The molecule has 0 aliphatic carbocycles. The van der Waals surface area contributed by atoms with Crippen molar-refractivity contribution in [3.63, 3.8) is 0 Å². The fraction of sp³-hybridized carbons (Fsp3) is 0.892. The van der Waals surface area contributed by atoms with Crippen molar-refractivity contribution in [2.24, 2.45) is 0 Å². The van der Waals surface area contributed by atoms with Gasteiger partial charge in [0.2, 0.25) is 0 Å². The summed E-state index contributed by atoms with van der Waals surface area (Å²) in [7, 11) is 0. The highest BCUT2D eigenvalue weighted by Gasteiger charge is 2.19. The maximum Gasteiger partial charge on any atom is 0.306 e. The number of unbranched alkanes of at least 4 members (excludes halogenated alkanes) is 44. The van der Waals surface area contributed by atoms with Gasteiger partial charge in [0.15, 0.2) is 6.10 Å². The van der Waals surface area contributed by atoms with Gasteiger partial charge >= 0.3 is 17.9 Å². The summed E-state index contributed by atoms with van der Waals surface area (Å²) in [5, 5.41) is 0. The first-order chi connectivity index (χ1) is 35.0. The lowest BCUT2D eigenvalue weighted by atomic mass is 10.0. The van der Waals surface area contributed by atoms with Crippen molar-refractivity contribution in [1.29, 1.82) is 0 Å². The number of hydrogen-bond acceptors (Lipinski definition) is 6. The molecule has 6 nitrogen and oxygen atoms in total. The molecule has 0 saturated heterocycles. The molecular weight excluding hydrogens is 877 g/mol. The summed E-state index contributed by atoms with van der Waals surface area (Å²) in [6.07, 6.45) is 71.9. The molecule has 0 N–H and O–H groups in total. The van der Waals surface area contributed by atoms with Crippen LogP contribution in [0.3, 0.4) is 0 Å². The van der Waals surface area contributed by atoms with Crippen LogP contribution in [0.15, 0.2) is 24.3 Å². The molecule has 0 aliphatic rings. The Labute approximate surface area is 443 Å². The van der Waals surface area contributed by atoms with Crippen LogP contribution in [0.4, 0.5) is 0 Å². The average Bonchev–Trinajstić information content (AvgIpc) is 3.37. The minimum Gasteiger partial charge on any atom is -0.462 e. The molecule has 0 heterocycles. The standard InChI is InChI=1S/C65H122O6/c1-4-7-10-13-16-19-22-24-26-28-29-30-31-32-33-34-35-37-38-40-43-46-49-52-55-58-64(67)70-61-62(60-69-63(66)57-54-51-48-45-42-21-18-15-12-9-6-3)71-65(68)59-56-53-50-47-44-41-39-36-27-25-23-20-17-14-11-8-5-2/h25,27-29,62H,4-24,26,30-61H2,1-3H3/b27-25-,29-28-. The third-order valence-electron chi connectivity index (χ3n) is 14.4. The van der Waals surface area contributed by atoms with Gasteiger partial charge in [-0.05, 0) is 70.6 Å². The molecule has 0 saturated carbocycles. The fourth-order valence-corrected chi connectivity index (χ4v) is 9.61. The lowest BCUT2D eigenvalue weighted by Crippen LogP contribution is -2.30. The molecule has 0 rings (SSSR count). The summed E-state index contributed by atoms with van der Waals surface area (Å²) in [5.41, 5.74) is 0. The monoisotopic (exact) mass is 999 g/mol. The van der Waals surface area contributed by atoms with Crippen molar-refractivity contribution in [1.82, 2.24) is 0 Å². The van der Waals surface area contributed by atoms with Crippen LogP contribution in [0, 0.1) is 0 Å². The lowest BCUT2D eigenvalue weighted by Gasteiger charge is -2.18. The van der Waals surface area contributed by atoms with Gasteiger partial charge in [0, 0.05) is 19.3 Å². The highest BCUT2D eigenvalue weighted by atomic mass is 16.6. The molecule has 0 aromatic carbocycles. The Morgan fingerprint density at radius 1 is 0.268 bits per heavy atom. The van der Waals surface area contributed by atoms with Gasteiger partial charge in [0.05, 0.1) is 0 Å². The Morgan fingerprint density at radius 3 is 0.704 bits per heavy atom. The molecule has 0 aliphatic heterocycles. The van der Waals surface area contributed by atoms with E-state index in [1.807, 2.05) is 0 Å². The predicted octanol–water partition coefficient (Wildman–Crippen LogP) is 21.4. The highest BCUT2D eigenvalue weighted by molar-refractivity contribution is 5.71. The van der Waals surface area contributed by atoms with Crippen molar-refractivity contribution in [2.75, 3.05) is 13.2 Å². The minimum atomic E-state index is -0.769. The second-order valence-electron chi connectivity index (χ2n) is 21.7. The molecule has 1 atom stereocenters. The fourth-order valence-electron chi connectivity index (χ4n) is 9.61. The zero-order valence-electron chi connectivity index (χ0n) is 48.0. The van der Waals surface area contributed by atoms with Crippen LogP contribution in [0.2, 0.25) is 0 Å². The molecule has 0 fully saturated rings. The maximum absolute atomic E-state index is 12.9. The van der Waals surface area contributed by atoms with E-state index < -0.39 is 6.10 Å². The van der Waals surface area contributed by atoms with E-state index in [1.165, 1.54) is 257 Å². The van der Waals surface area contributed by atoms with Gasteiger partial charge in [-0.3, -0.25) is 14.4 Å². The van der Waals surface area contributed by atoms with Crippen LogP contribution in [0.25, 0.3) is 0 Å². The molecule has 418 valence electrons. The Balaban J connectivity index is 4.20. The van der Waals surface area contributed by atoms with Crippen molar-refractivity contribution < 1.29 is 28.6 Å². The highest BCUT2D eigenvalue weighted by Crippen LogP contribution is 2.17. The Kier molecular flexibility index (Phi) is 58.6. The predicted molar refractivity (Wildman–Crippen MR) is 307 cm³/mol. The third-order valence-corrected chi connectivity index (χ3v) is 14.4. The van der Waals surface area contributed by atoms with Gasteiger partial charge in [-0.25, -0.2) is 0 Å². The van der Waals surface area contributed by atoms with Gasteiger partial charge < -0.3 is 14.2 Å². The van der Waals surface area contributed by atoms with Gasteiger partial charge in [-0.2, -0.15) is 0 Å². The van der Waals surface area contributed by atoms with Gasteiger partial charge in [0.1, 0.15) is 13.2 Å². The first kappa shape index (κ1) is 68.9. The molecule has 0 bridgehead atoms. The molecule has 0 spiro atoms. The second kappa shape index (κ2) is 60.4.